The molecule has 0 saturated heterocycles. The highest BCUT2D eigenvalue weighted by Crippen LogP contribution is 2.06. The smallest absolute Gasteiger partial charge is 0.224 e. The van der Waals surface area contributed by atoms with Crippen molar-refractivity contribution in [3.63, 3.8) is 0 Å². The van der Waals surface area contributed by atoms with Crippen molar-refractivity contribution >= 4 is 35.8 Å². The van der Waals surface area contributed by atoms with Gasteiger partial charge in [-0.25, -0.2) is 0 Å². The molecule has 0 saturated carbocycles. The van der Waals surface area contributed by atoms with Gasteiger partial charge in [0.25, 0.3) is 0 Å². The van der Waals surface area contributed by atoms with Crippen LogP contribution in [0.25, 0.3) is 0 Å². The predicted octanol–water partition coefficient (Wildman–Crippen LogP) is 3.64. The molecule has 26 heavy (non-hydrogen) atoms. The Morgan fingerprint density at radius 3 is 2.38 bits per heavy atom. The van der Waals surface area contributed by atoms with E-state index in [1.807, 2.05) is 37.4 Å². The summed E-state index contributed by atoms with van der Waals surface area (Å²) in [6.07, 6.45) is 2.75. The van der Waals surface area contributed by atoms with Crippen LogP contribution < -0.4 is 10.6 Å². The van der Waals surface area contributed by atoms with E-state index < -0.39 is 0 Å². The first-order chi connectivity index (χ1) is 11.9. The number of nitrogens with zero attached hydrogens (tertiary/aromatic N) is 2. The Morgan fingerprint density at radius 1 is 1.15 bits per heavy atom. The van der Waals surface area contributed by atoms with Crippen molar-refractivity contribution in [2.45, 2.75) is 52.6 Å². The molecular weight excluding hydrogens is 439 g/mol. The van der Waals surface area contributed by atoms with Crippen LogP contribution in [0.3, 0.4) is 0 Å². The molecule has 0 aromatic heterocycles. The molecule has 0 bridgehead atoms. The minimum Gasteiger partial charge on any atom is -0.356 e. The van der Waals surface area contributed by atoms with Gasteiger partial charge in [0.2, 0.25) is 5.91 Å². The quantitative estimate of drug-likeness (QED) is 0.327. The van der Waals surface area contributed by atoms with Gasteiger partial charge in [-0.05, 0) is 31.2 Å². The van der Waals surface area contributed by atoms with E-state index in [1.165, 1.54) is 6.42 Å². The third-order valence-corrected chi connectivity index (χ3v) is 4.10. The van der Waals surface area contributed by atoms with Crippen molar-refractivity contribution < 1.29 is 4.79 Å². The second kappa shape index (κ2) is 13.8. The predicted molar refractivity (Wildman–Crippen MR) is 121 cm³/mol. The second-order valence-electron chi connectivity index (χ2n) is 7.00. The number of hydrogen-bond donors (Lipinski definition) is 2. The third-order valence-electron chi connectivity index (χ3n) is 4.10. The lowest BCUT2D eigenvalue weighted by Gasteiger charge is -2.20. The zero-order chi connectivity index (χ0) is 18.7. The average Bonchev–Trinajstić information content (AvgIpc) is 2.59. The minimum atomic E-state index is 0. The fourth-order valence-electron chi connectivity index (χ4n) is 2.51. The van der Waals surface area contributed by atoms with E-state index in [0.717, 1.165) is 17.9 Å². The second-order valence-corrected chi connectivity index (χ2v) is 7.00. The number of aliphatic imine (C=N–C) groups is 1. The van der Waals surface area contributed by atoms with E-state index in [9.17, 15) is 4.79 Å². The topological polar surface area (TPSA) is 56.7 Å². The monoisotopic (exact) mass is 474 g/mol. The summed E-state index contributed by atoms with van der Waals surface area (Å²) >= 11 is 0. The molecule has 148 valence electrons. The molecule has 0 fully saturated rings. The van der Waals surface area contributed by atoms with Gasteiger partial charge in [0.05, 0.1) is 0 Å². The summed E-state index contributed by atoms with van der Waals surface area (Å²) < 4.78 is 0. The first-order valence-electron chi connectivity index (χ1n) is 9.17. The minimum absolute atomic E-state index is 0. The van der Waals surface area contributed by atoms with Crippen LogP contribution in [-0.4, -0.2) is 43.4 Å². The number of hydrogen-bond acceptors (Lipinski definition) is 2. The first-order valence-corrected chi connectivity index (χ1v) is 9.17. The van der Waals surface area contributed by atoms with Gasteiger partial charge < -0.3 is 15.5 Å². The highest BCUT2D eigenvalue weighted by atomic mass is 127. The summed E-state index contributed by atoms with van der Waals surface area (Å²) in [5, 5.41) is 6.61. The van der Waals surface area contributed by atoms with Gasteiger partial charge in [-0.2, -0.15) is 0 Å². The van der Waals surface area contributed by atoms with Crippen LogP contribution in [0.15, 0.2) is 35.3 Å². The Labute approximate surface area is 176 Å². The van der Waals surface area contributed by atoms with Crippen LogP contribution in [0, 0.1) is 5.92 Å². The SMILES string of the molecule is CN=C(NCCC(=O)N(C)Cc1ccccc1)NC(C)CCC(C)C.I. The Bertz CT molecular complexity index is 534. The first kappa shape index (κ1) is 24.7. The van der Waals surface area contributed by atoms with Crippen LogP contribution in [-0.2, 0) is 11.3 Å². The molecule has 6 heteroatoms. The molecule has 5 nitrogen and oxygen atoms in total. The number of rotatable bonds is 9. The number of benzene rings is 1. The van der Waals surface area contributed by atoms with Crippen LogP contribution >= 0.6 is 24.0 Å². The highest BCUT2D eigenvalue weighted by molar-refractivity contribution is 14.0. The Balaban J connectivity index is 0.00000625. The molecular formula is C20H35IN4O. The van der Waals surface area contributed by atoms with E-state index in [-0.39, 0.29) is 29.9 Å². The van der Waals surface area contributed by atoms with E-state index in [1.54, 1.807) is 11.9 Å². The molecule has 1 unspecified atom stereocenters. The maximum Gasteiger partial charge on any atom is 0.224 e. The number of amides is 1. The Kier molecular flexibility index (Phi) is 13.1. The Hall–Kier alpha value is -1.31. The van der Waals surface area contributed by atoms with Gasteiger partial charge in [-0.3, -0.25) is 9.79 Å². The van der Waals surface area contributed by atoms with Crippen molar-refractivity contribution in [3.05, 3.63) is 35.9 Å². The summed E-state index contributed by atoms with van der Waals surface area (Å²) in [6, 6.07) is 10.4. The number of carbonyl (C=O) groups is 1. The molecule has 1 amide bonds. The van der Waals surface area contributed by atoms with Gasteiger partial charge in [-0.15, -0.1) is 24.0 Å². The van der Waals surface area contributed by atoms with Gasteiger partial charge in [0, 0.05) is 39.6 Å². The van der Waals surface area contributed by atoms with Crippen LogP contribution in [0.1, 0.15) is 45.6 Å². The van der Waals surface area contributed by atoms with Gasteiger partial charge in [-0.1, -0.05) is 44.2 Å². The average molecular weight is 474 g/mol. The molecule has 0 aliphatic rings. The lowest BCUT2D eigenvalue weighted by molar-refractivity contribution is -0.130. The largest absolute Gasteiger partial charge is 0.356 e. The van der Waals surface area contributed by atoms with Gasteiger partial charge in [0.15, 0.2) is 5.96 Å². The molecule has 2 N–H and O–H groups in total. The summed E-state index contributed by atoms with van der Waals surface area (Å²) in [7, 11) is 3.60. The normalized spacial score (nSPS) is 12.3. The fraction of sp³-hybridized carbons (Fsp3) is 0.600. The molecule has 0 aliphatic carbocycles. The number of carbonyl (C=O) groups excluding carboxylic acids is 1. The summed E-state index contributed by atoms with van der Waals surface area (Å²) in [4.78, 5) is 18.2. The van der Waals surface area contributed by atoms with Crippen LogP contribution in [0.4, 0.5) is 0 Å². The maximum atomic E-state index is 12.2. The Morgan fingerprint density at radius 2 is 1.81 bits per heavy atom. The molecule has 1 rings (SSSR count). The van der Waals surface area contributed by atoms with Crippen molar-refractivity contribution in [2.24, 2.45) is 10.9 Å². The zero-order valence-electron chi connectivity index (χ0n) is 16.8. The summed E-state index contributed by atoms with van der Waals surface area (Å²) in [5.41, 5.74) is 1.14. The van der Waals surface area contributed by atoms with Crippen molar-refractivity contribution in [3.8, 4) is 0 Å². The maximum absolute atomic E-state index is 12.2. The van der Waals surface area contributed by atoms with E-state index >= 15 is 0 Å². The summed E-state index contributed by atoms with van der Waals surface area (Å²) in [5.74, 6) is 1.59. The van der Waals surface area contributed by atoms with E-state index in [0.29, 0.717) is 31.5 Å². The summed E-state index contributed by atoms with van der Waals surface area (Å²) in [6.45, 7) is 7.84. The standard InChI is InChI=1S/C20H34N4O.HI/c1-16(2)11-12-17(3)23-20(21-4)22-14-13-19(25)24(5)15-18-9-7-6-8-10-18;/h6-10,16-17H,11-15H2,1-5H3,(H2,21,22,23);1H. The highest BCUT2D eigenvalue weighted by Gasteiger charge is 2.10. The lowest BCUT2D eigenvalue weighted by Crippen LogP contribution is -2.43. The van der Waals surface area contributed by atoms with Crippen molar-refractivity contribution in [2.75, 3.05) is 20.6 Å². The molecule has 1 aromatic rings. The lowest BCUT2D eigenvalue weighted by atomic mass is 10.0. The molecule has 0 aliphatic heterocycles. The van der Waals surface area contributed by atoms with Crippen LogP contribution in [0.5, 0.6) is 0 Å². The molecule has 0 spiro atoms. The van der Waals surface area contributed by atoms with Gasteiger partial charge in [0.1, 0.15) is 0 Å². The van der Waals surface area contributed by atoms with Crippen molar-refractivity contribution in [1.29, 1.82) is 0 Å². The van der Waals surface area contributed by atoms with Gasteiger partial charge >= 0.3 is 0 Å². The molecule has 0 heterocycles. The molecule has 0 radical (unpaired) electrons. The number of nitrogens with one attached hydrogen (secondary N) is 2. The van der Waals surface area contributed by atoms with E-state index in [4.69, 9.17) is 0 Å². The van der Waals surface area contributed by atoms with Crippen molar-refractivity contribution in [1.82, 2.24) is 15.5 Å². The zero-order valence-corrected chi connectivity index (χ0v) is 19.1. The van der Waals surface area contributed by atoms with E-state index in [2.05, 4.69) is 36.4 Å². The fourth-order valence-corrected chi connectivity index (χ4v) is 2.51. The number of guanidine groups is 1. The number of halogens is 1. The molecule has 1 atom stereocenters. The third kappa shape index (κ3) is 10.6. The van der Waals surface area contributed by atoms with Crippen LogP contribution in [0.2, 0.25) is 0 Å². The molecule has 1 aromatic carbocycles.